The lowest BCUT2D eigenvalue weighted by Crippen LogP contribution is -2.26. The normalized spacial score (nSPS) is 10.8. The van der Waals surface area contributed by atoms with Crippen molar-refractivity contribution >= 4 is 5.91 Å². The molecule has 0 spiro atoms. The van der Waals surface area contributed by atoms with Crippen LogP contribution < -0.4 is 5.32 Å². The lowest BCUT2D eigenvalue weighted by molar-refractivity contribution is 0.0948. The fourth-order valence-corrected chi connectivity index (χ4v) is 3.47. The van der Waals surface area contributed by atoms with Crippen molar-refractivity contribution in [3.8, 4) is 17.2 Å². The molecular weight excluding hydrogens is 376 g/mol. The number of nitrogens with zero attached hydrogens (tertiary/aromatic N) is 1. The van der Waals surface area contributed by atoms with Crippen molar-refractivity contribution in [2.24, 2.45) is 0 Å². The maximum Gasteiger partial charge on any atom is 0.273 e. The number of hydrogen-bond donors (Lipinski definition) is 2. The van der Waals surface area contributed by atoms with Gasteiger partial charge in [0, 0.05) is 12.5 Å². The number of phenolic OH excluding ortho intramolecular Hbond substituents is 1. The Bertz CT molecular complexity index is 1070. The Hall–Kier alpha value is -3.86. The SMILES string of the molecule is O=C(NCCC(c1ccccc1)c1ccccc1)c1coc(-c2ccccc2O)n1. The van der Waals surface area contributed by atoms with E-state index in [0.717, 1.165) is 6.42 Å². The van der Waals surface area contributed by atoms with Gasteiger partial charge in [-0.3, -0.25) is 4.79 Å². The van der Waals surface area contributed by atoms with Crippen LogP contribution in [0.15, 0.2) is 95.6 Å². The summed E-state index contributed by atoms with van der Waals surface area (Å²) in [5.74, 6) is 0.145. The Labute approximate surface area is 175 Å². The quantitative estimate of drug-likeness (QED) is 0.459. The minimum Gasteiger partial charge on any atom is -0.507 e. The average molecular weight is 398 g/mol. The highest BCUT2D eigenvalue weighted by atomic mass is 16.3. The smallest absolute Gasteiger partial charge is 0.273 e. The molecule has 0 saturated carbocycles. The van der Waals surface area contributed by atoms with Gasteiger partial charge in [-0.25, -0.2) is 4.98 Å². The number of para-hydroxylation sites is 1. The van der Waals surface area contributed by atoms with E-state index in [0.29, 0.717) is 12.1 Å². The van der Waals surface area contributed by atoms with Gasteiger partial charge in [0.05, 0.1) is 5.56 Å². The van der Waals surface area contributed by atoms with E-state index in [9.17, 15) is 9.90 Å². The molecule has 4 rings (SSSR count). The first kappa shape index (κ1) is 19.5. The van der Waals surface area contributed by atoms with Crippen LogP contribution in [0.2, 0.25) is 0 Å². The molecule has 0 aliphatic carbocycles. The van der Waals surface area contributed by atoms with Crippen LogP contribution in [-0.4, -0.2) is 22.5 Å². The van der Waals surface area contributed by atoms with Crippen molar-refractivity contribution in [3.05, 3.63) is 108 Å². The summed E-state index contributed by atoms with van der Waals surface area (Å²) in [7, 11) is 0. The Kier molecular flexibility index (Phi) is 5.90. The molecule has 0 aliphatic heterocycles. The number of carbonyl (C=O) groups is 1. The molecule has 0 fully saturated rings. The number of aromatic hydroxyl groups is 1. The predicted molar refractivity (Wildman–Crippen MR) is 115 cm³/mol. The van der Waals surface area contributed by atoms with Gasteiger partial charge in [0.2, 0.25) is 5.89 Å². The Morgan fingerprint density at radius 3 is 2.13 bits per heavy atom. The van der Waals surface area contributed by atoms with Crippen LogP contribution in [0.25, 0.3) is 11.5 Å². The lowest BCUT2D eigenvalue weighted by Gasteiger charge is -2.18. The number of carbonyl (C=O) groups excluding carboxylic acids is 1. The fourth-order valence-electron chi connectivity index (χ4n) is 3.47. The predicted octanol–water partition coefficient (Wildman–Crippen LogP) is 5.00. The van der Waals surface area contributed by atoms with Crippen molar-refractivity contribution in [3.63, 3.8) is 0 Å². The first-order valence-electron chi connectivity index (χ1n) is 9.84. The van der Waals surface area contributed by atoms with Crippen molar-refractivity contribution in [2.45, 2.75) is 12.3 Å². The second-order valence-electron chi connectivity index (χ2n) is 6.97. The van der Waals surface area contributed by atoms with Gasteiger partial charge in [0.25, 0.3) is 5.91 Å². The summed E-state index contributed by atoms with van der Waals surface area (Å²) in [5.41, 5.74) is 3.05. The van der Waals surface area contributed by atoms with Crippen LogP contribution in [0, 0.1) is 0 Å². The summed E-state index contributed by atoms with van der Waals surface area (Å²) in [4.78, 5) is 16.7. The number of phenols is 1. The molecule has 5 nitrogen and oxygen atoms in total. The lowest BCUT2D eigenvalue weighted by atomic mass is 9.88. The first-order valence-corrected chi connectivity index (χ1v) is 9.84. The van der Waals surface area contributed by atoms with E-state index < -0.39 is 0 Å². The second kappa shape index (κ2) is 9.09. The number of rotatable bonds is 7. The maximum atomic E-state index is 12.5. The molecule has 0 unspecified atom stereocenters. The molecule has 2 N–H and O–H groups in total. The number of benzene rings is 3. The maximum absolute atomic E-state index is 12.5. The molecular formula is C25H22N2O3. The minimum atomic E-state index is -0.305. The van der Waals surface area contributed by atoms with Crippen LogP contribution >= 0.6 is 0 Å². The van der Waals surface area contributed by atoms with Gasteiger partial charge in [0.1, 0.15) is 12.0 Å². The Morgan fingerprint density at radius 2 is 1.50 bits per heavy atom. The molecule has 5 heteroatoms. The summed E-state index contributed by atoms with van der Waals surface area (Å²) in [5, 5.41) is 12.9. The number of aromatic nitrogens is 1. The zero-order valence-corrected chi connectivity index (χ0v) is 16.4. The highest BCUT2D eigenvalue weighted by Crippen LogP contribution is 2.28. The third-order valence-electron chi connectivity index (χ3n) is 4.99. The van der Waals surface area contributed by atoms with Gasteiger partial charge in [-0.05, 0) is 29.7 Å². The van der Waals surface area contributed by atoms with E-state index >= 15 is 0 Å². The van der Waals surface area contributed by atoms with Gasteiger partial charge in [-0.2, -0.15) is 0 Å². The molecule has 1 aromatic heterocycles. The molecule has 1 amide bonds. The molecule has 0 bridgehead atoms. The summed E-state index contributed by atoms with van der Waals surface area (Å²) in [6.07, 6.45) is 2.06. The zero-order valence-electron chi connectivity index (χ0n) is 16.4. The molecule has 0 atom stereocenters. The fraction of sp³-hybridized carbons (Fsp3) is 0.120. The molecule has 1 heterocycles. The van der Waals surface area contributed by atoms with E-state index in [4.69, 9.17) is 4.42 Å². The average Bonchev–Trinajstić information content (AvgIpc) is 3.28. The largest absolute Gasteiger partial charge is 0.507 e. The van der Waals surface area contributed by atoms with Crippen LogP contribution in [0.5, 0.6) is 5.75 Å². The summed E-state index contributed by atoms with van der Waals surface area (Å²) in [6.45, 7) is 0.492. The molecule has 4 aromatic rings. The van der Waals surface area contributed by atoms with Gasteiger partial charge >= 0.3 is 0 Å². The van der Waals surface area contributed by atoms with E-state index in [1.807, 2.05) is 36.4 Å². The molecule has 3 aromatic carbocycles. The number of hydrogen-bond acceptors (Lipinski definition) is 4. The van der Waals surface area contributed by atoms with E-state index in [2.05, 4.69) is 34.6 Å². The van der Waals surface area contributed by atoms with Crippen LogP contribution in [0.3, 0.4) is 0 Å². The zero-order chi connectivity index (χ0) is 20.8. The van der Waals surface area contributed by atoms with E-state index in [-0.39, 0.29) is 29.2 Å². The summed E-state index contributed by atoms with van der Waals surface area (Å²) in [6, 6.07) is 27.3. The molecule has 0 radical (unpaired) electrons. The minimum absolute atomic E-state index is 0.0554. The molecule has 0 saturated heterocycles. The molecule has 150 valence electrons. The van der Waals surface area contributed by atoms with Gasteiger partial charge in [-0.1, -0.05) is 72.8 Å². The first-order chi connectivity index (χ1) is 14.7. The summed E-state index contributed by atoms with van der Waals surface area (Å²) < 4.78 is 5.39. The van der Waals surface area contributed by atoms with Gasteiger partial charge in [0.15, 0.2) is 5.69 Å². The number of nitrogens with one attached hydrogen (secondary N) is 1. The van der Waals surface area contributed by atoms with Crippen molar-refractivity contribution in [2.75, 3.05) is 6.54 Å². The number of oxazole rings is 1. The standard InChI is InChI=1S/C25H22N2O3/c28-23-14-8-7-13-21(23)25-27-22(17-30-25)24(29)26-16-15-20(18-9-3-1-4-10-18)19-11-5-2-6-12-19/h1-14,17,20,28H,15-16H2,(H,26,29). The second-order valence-corrected chi connectivity index (χ2v) is 6.97. The number of amides is 1. The third kappa shape index (κ3) is 4.41. The van der Waals surface area contributed by atoms with Crippen molar-refractivity contribution in [1.29, 1.82) is 0 Å². The monoisotopic (exact) mass is 398 g/mol. The Morgan fingerprint density at radius 1 is 0.900 bits per heavy atom. The van der Waals surface area contributed by atoms with E-state index in [1.54, 1.807) is 24.3 Å². The van der Waals surface area contributed by atoms with Crippen molar-refractivity contribution < 1.29 is 14.3 Å². The van der Waals surface area contributed by atoms with Crippen molar-refractivity contribution in [1.82, 2.24) is 10.3 Å². The summed E-state index contributed by atoms with van der Waals surface area (Å²) >= 11 is 0. The highest BCUT2D eigenvalue weighted by Gasteiger charge is 2.17. The topological polar surface area (TPSA) is 75.4 Å². The van der Waals surface area contributed by atoms with Gasteiger partial charge < -0.3 is 14.8 Å². The molecule has 0 aliphatic rings. The van der Waals surface area contributed by atoms with Gasteiger partial charge in [-0.15, -0.1) is 0 Å². The molecule has 30 heavy (non-hydrogen) atoms. The van der Waals surface area contributed by atoms with Crippen LogP contribution in [0.4, 0.5) is 0 Å². The van der Waals surface area contributed by atoms with E-state index in [1.165, 1.54) is 17.4 Å². The highest BCUT2D eigenvalue weighted by molar-refractivity contribution is 5.92. The van der Waals surface area contributed by atoms with Crippen LogP contribution in [0.1, 0.15) is 34.0 Å². The van der Waals surface area contributed by atoms with Crippen LogP contribution in [-0.2, 0) is 0 Å². The Balaban J connectivity index is 1.43. The third-order valence-corrected chi connectivity index (χ3v) is 4.99.